The molecule has 0 unspecified atom stereocenters. The monoisotopic (exact) mass is 308 g/mol. The third-order valence-corrected chi connectivity index (χ3v) is 4.40. The molecule has 0 spiro atoms. The van der Waals surface area contributed by atoms with E-state index >= 15 is 0 Å². The smallest absolute Gasteiger partial charge is 0.356 e. The number of thiazole rings is 1. The lowest BCUT2D eigenvalue weighted by Crippen LogP contribution is -2.44. The number of aromatic carboxylic acids is 1. The van der Waals surface area contributed by atoms with Crippen molar-refractivity contribution in [3.05, 3.63) is 17.3 Å². The number of anilines is 1. The van der Waals surface area contributed by atoms with Crippen LogP contribution in [0.2, 0.25) is 0 Å². The minimum absolute atomic E-state index is 0.0258. The fourth-order valence-electron chi connectivity index (χ4n) is 2.72. The zero-order valence-electron chi connectivity index (χ0n) is 11.6. The van der Waals surface area contributed by atoms with Gasteiger partial charge in [-0.05, 0) is 12.8 Å². The minimum atomic E-state index is -0.972. The first-order chi connectivity index (χ1) is 10.1. The van der Waals surface area contributed by atoms with Crippen LogP contribution in [0.1, 0.15) is 30.3 Å². The highest BCUT2D eigenvalue weighted by Gasteiger charge is 2.27. The van der Waals surface area contributed by atoms with Crippen LogP contribution >= 0.6 is 11.3 Å². The summed E-state index contributed by atoms with van der Waals surface area (Å²) in [6, 6.07) is 0.163. The number of nitrogens with zero attached hydrogens (tertiary/aromatic N) is 3. The highest BCUT2D eigenvalue weighted by atomic mass is 32.1. The van der Waals surface area contributed by atoms with Crippen molar-refractivity contribution in [2.75, 3.05) is 18.0 Å². The molecule has 0 aromatic carbocycles. The van der Waals surface area contributed by atoms with Crippen LogP contribution in [0.3, 0.4) is 0 Å². The first-order valence-electron chi connectivity index (χ1n) is 6.77. The lowest BCUT2D eigenvalue weighted by molar-refractivity contribution is -0.119. The first kappa shape index (κ1) is 13.9. The maximum atomic E-state index is 11.5. The van der Waals surface area contributed by atoms with Gasteiger partial charge in [-0.15, -0.1) is 11.3 Å². The van der Waals surface area contributed by atoms with Gasteiger partial charge in [-0.1, -0.05) is 0 Å². The quantitative estimate of drug-likeness (QED) is 0.889. The molecule has 2 aromatic rings. The SMILES string of the molecule is CC(=O)NC1CCN(c2nc3sccn3c2C(=O)O)CC1. The number of imidazole rings is 1. The molecule has 1 aliphatic rings. The Morgan fingerprint density at radius 2 is 2.14 bits per heavy atom. The maximum Gasteiger partial charge on any atom is 0.356 e. The van der Waals surface area contributed by atoms with Crippen molar-refractivity contribution >= 4 is 34.0 Å². The summed E-state index contributed by atoms with van der Waals surface area (Å²) in [6.07, 6.45) is 3.32. The fraction of sp³-hybridized carbons (Fsp3) is 0.462. The summed E-state index contributed by atoms with van der Waals surface area (Å²) in [5.74, 6) is -0.474. The third kappa shape index (κ3) is 2.58. The molecule has 8 heteroatoms. The van der Waals surface area contributed by atoms with E-state index in [4.69, 9.17) is 0 Å². The van der Waals surface area contributed by atoms with Gasteiger partial charge < -0.3 is 15.3 Å². The number of carboxylic acids is 1. The second-order valence-corrected chi connectivity index (χ2v) is 5.98. The first-order valence-corrected chi connectivity index (χ1v) is 7.65. The number of carbonyl (C=O) groups is 2. The van der Waals surface area contributed by atoms with Crippen LogP contribution < -0.4 is 10.2 Å². The number of piperidine rings is 1. The van der Waals surface area contributed by atoms with Crippen molar-refractivity contribution in [3.8, 4) is 0 Å². The highest BCUT2D eigenvalue weighted by Crippen LogP contribution is 2.27. The Kier molecular flexibility index (Phi) is 3.54. The molecule has 21 heavy (non-hydrogen) atoms. The summed E-state index contributed by atoms with van der Waals surface area (Å²) >= 11 is 1.42. The van der Waals surface area contributed by atoms with E-state index in [9.17, 15) is 14.7 Å². The molecule has 0 bridgehead atoms. The number of hydrogen-bond acceptors (Lipinski definition) is 5. The topological polar surface area (TPSA) is 86.9 Å². The second-order valence-electron chi connectivity index (χ2n) is 5.11. The molecule has 3 heterocycles. The molecule has 7 nitrogen and oxygen atoms in total. The number of rotatable bonds is 3. The Bertz CT molecular complexity index is 685. The van der Waals surface area contributed by atoms with Gasteiger partial charge in [0, 0.05) is 37.6 Å². The lowest BCUT2D eigenvalue weighted by atomic mass is 10.0. The van der Waals surface area contributed by atoms with E-state index in [1.54, 1.807) is 10.6 Å². The molecule has 0 saturated carbocycles. The van der Waals surface area contributed by atoms with Crippen LogP contribution in [0.5, 0.6) is 0 Å². The largest absolute Gasteiger partial charge is 0.476 e. The number of amides is 1. The van der Waals surface area contributed by atoms with Gasteiger partial charge in [-0.3, -0.25) is 9.20 Å². The number of carbonyl (C=O) groups excluding carboxylic acids is 1. The van der Waals surface area contributed by atoms with Crippen LogP contribution in [0.15, 0.2) is 11.6 Å². The Labute approximate surface area is 125 Å². The molecule has 0 radical (unpaired) electrons. The van der Waals surface area contributed by atoms with E-state index in [0.29, 0.717) is 23.9 Å². The molecule has 0 atom stereocenters. The summed E-state index contributed by atoms with van der Waals surface area (Å²) in [5.41, 5.74) is 0.212. The van der Waals surface area contributed by atoms with Gasteiger partial charge in [0.15, 0.2) is 16.5 Å². The van der Waals surface area contributed by atoms with E-state index in [0.717, 1.165) is 12.8 Å². The Morgan fingerprint density at radius 1 is 1.43 bits per heavy atom. The van der Waals surface area contributed by atoms with Crippen molar-refractivity contribution in [1.82, 2.24) is 14.7 Å². The maximum absolute atomic E-state index is 11.5. The summed E-state index contributed by atoms with van der Waals surface area (Å²) < 4.78 is 1.61. The fourth-order valence-corrected chi connectivity index (χ4v) is 3.43. The second kappa shape index (κ2) is 5.36. The average molecular weight is 308 g/mol. The van der Waals surface area contributed by atoms with Gasteiger partial charge in [-0.25, -0.2) is 9.78 Å². The number of hydrogen-bond donors (Lipinski definition) is 2. The number of carboxylic acid groups (broad SMARTS) is 1. The van der Waals surface area contributed by atoms with Crippen molar-refractivity contribution in [2.24, 2.45) is 0 Å². The zero-order valence-corrected chi connectivity index (χ0v) is 12.4. The van der Waals surface area contributed by atoms with E-state index in [1.807, 2.05) is 10.3 Å². The van der Waals surface area contributed by atoms with Gasteiger partial charge in [0.05, 0.1) is 0 Å². The van der Waals surface area contributed by atoms with Crippen LogP contribution in [0.4, 0.5) is 5.82 Å². The molecule has 3 rings (SSSR count). The molecule has 1 saturated heterocycles. The summed E-state index contributed by atoms with van der Waals surface area (Å²) in [5, 5.41) is 14.2. The van der Waals surface area contributed by atoms with E-state index in [1.165, 1.54) is 18.3 Å². The number of nitrogens with one attached hydrogen (secondary N) is 1. The summed E-state index contributed by atoms with van der Waals surface area (Å²) in [6.45, 7) is 2.89. The van der Waals surface area contributed by atoms with E-state index in [2.05, 4.69) is 10.3 Å². The van der Waals surface area contributed by atoms with E-state index in [-0.39, 0.29) is 17.6 Å². The molecule has 1 aliphatic heterocycles. The molecule has 1 amide bonds. The van der Waals surface area contributed by atoms with Crippen LogP contribution in [0.25, 0.3) is 4.96 Å². The molecule has 2 N–H and O–H groups in total. The van der Waals surface area contributed by atoms with Crippen LogP contribution in [0, 0.1) is 0 Å². The minimum Gasteiger partial charge on any atom is -0.476 e. The van der Waals surface area contributed by atoms with Gasteiger partial charge in [-0.2, -0.15) is 0 Å². The number of aromatic nitrogens is 2. The molecule has 0 aliphatic carbocycles. The van der Waals surface area contributed by atoms with Crippen molar-refractivity contribution in [1.29, 1.82) is 0 Å². The van der Waals surface area contributed by atoms with Crippen molar-refractivity contribution < 1.29 is 14.7 Å². The van der Waals surface area contributed by atoms with Gasteiger partial charge in [0.25, 0.3) is 0 Å². The molecule has 112 valence electrons. The third-order valence-electron chi connectivity index (χ3n) is 3.65. The van der Waals surface area contributed by atoms with E-state index < -0.39 is 5.97 Å². The van der Waals surface area contributed by atoms with Crippen LogP contribution in [-0.4, -0.2) is 45.5 Å². The molecule has 1 fully saturated rings. The lowest BCUT2D eigenvalue weighted by Gasteiger charge is -2.32. The Morgan fingerprint density at radius 3 is 2.76 bits per heavy atom. The standard InChI is InChI=1S/C13H16N4O3S/c1-8(18)14-9-2-4-16(5-3-9)11-10(12(19)20)17-6-7-21-13(17)15-11/h6-7,9H,2-5H2,1H3,(H,14,18)(H,19,20). The molecular weight excluding hydrogens is 292 g/mol. The number of fused-ring (bicyclic) bond motifs is 1. The molecular formula is C13H16N4O3S. The average Bonchev–Trinajstić information content (AvgIpc) is 2.98. The Hall–Kier alpha value is -2.09. The predicted molar refractivity (Wildman–Crippen MR) is 79.1 cm³/mol. The normalized spacial score (nSPS) is 16.3. The molecule has 2 aromatic heterocycles. The van der Waals surface area contributed by atoms with Gasteiger partial charge >= 0.3 is 5.97 Å². The van der Waals surface area contributed by atoms with Gasteiger partial charge in [0.2, 0.25) is 5.91 Å². The summed E-state index contributed by atoms with van der Waals surface area (Å²) in [4.78, 5) is 29.7. The zero-order chi connectivity index (χ0) is 15.0. The van der Waals surface area contributed by atoms with Crippen molar-refractivity contribution in [3.63, 3.8) is 0 Å². The predicted octanol–water partition coefficient (Wildman–Crippen LogP) is 1.20. The van der Waals surface area contributed by atoms with Crippen molar-refractivity contribution in [2.45, 2.75) is 25.8 Å². The highest BCUT2D eigenvalue weighted by molar-refractivity contribution is 7.15. The van der Waals surface area contributed by atoms with Crippen LogP contribution in [-0.2, 0) is 4.79 Å². The Balaban J connectivity index is 1.82. The van der Waals surface area contributed by atoms with Gasteiger partial charge in [0.1, 0.15) is 0 Å². The summed E-state index contributed by atoms with van der Waals surface area (Å²) in [7, 11) is 0.